The van der Waals surface area contributed by atoms with Crippen molar-refractivity contribution in [2.75, 3.05) is 5.32 Å². The molecule has 0 spiro atoms. The maximum atomic E-state index is 13.8. The molecule has 0 bridgehead atoms. The molecule has 5 rings (SSSR count). The van der Waals surface area contributed by atoms with Gasteiger partial charge in [0.1, 0.15) is 12.4 Å². The lowest BCUT2D eigenvalue weighted by molar-refractivity contribution is -0.117. The molecule has 37 heavy (non-hydrogen) atoms. The first kappa shape index (κ1) is 24.4. The summed E-state index contributed by atoms with van der Waals surface area (Å²) in [5.74, 6) is -1.29. The monoisotopic (exact) mass is 506 g/mol. The van der Waals surface area contributed by atoms with Crippen LogP contribution in [0.25, 0.3) is 16.7 Å². The fourth-order valence-electron chi connectivity index (χ4n) is 4.76. The van der Waals surface area contributed by atoms with E-state index in [-0.39, 0.29) is 34.3 Å². The molecule has 2 aromatic carbocycles. The molecule has 0 atom stereocenters. The quantitative estimate of drug-likeness (QED) is 0.431. The Morgan fingerprint density at radius 1 is 1.08 bits per heavy atom. The van der Waals surface area contributed by atoms with Gasteiger partial charge in [0.25, 0.3) is 11.5 Å². The number of fused-ring (bicyclic) bond motifs is 3. The summed E-state index contributed by atoms with van der Waals surface area (Å²) < 4.78 is 17.2. The number of carbonyl (C=O) groups excluding carboxylic acids is 2. The van der Waals surface area contributed by atoms with Crippen LogP contribution in [-0.4, -0.2) is 36.6 Å². The minimum Gasteiger partial charge on any atom is -0.349 e. The van der Waals surface area contributed by atoms with Gasteiger partial charge in [0.2, 0.25) is 11.7 Å². The number of hydrogen-bond acceptors (Lipinski definition) is 5. The molecule has 0 saturated heterocycles. The van der Waals surface area contributed by atoms with Gasteiger partial charge in [-0.1, -0.05) is 25.3 Å². The van der Waals surface area contributed by atoms with Crippen LogP contribution in [0.1, 0.15) is 48.0 Å². The number of rotatable bonds is 5. The zero-order valence-electron chi connectivity index (χ0n) is 20.6. The Labute approximate surface area is 210 Å². The summed E-state index contributed by atoms with van der Waals surface area (Å²) in [6.07, 6.45) is 5.15. The van der Waals surface area contributed by atoms with Gasteiger partial charge in [-0.3, -0.25) is 19.0 Å². The predicted octanol–water partition coefficient (Wildman–Crippen LogP) is 2.50. The van der Waals surface area contributed by atoms with Crippen molar-refractivity contribution < 1.29 is 14.0 Å². The topological polar surface area (TPSA) is 120 Å². The normalized spacial score (nSPS) is 14.2. The van der Waals surface area contributed by atoms with Gasteiger partial charge in [0.05, 0.1) is 10.9 Å². The lowest BCUT2D eigenvalue weighted by Crippen LogP contribution is -2.36. The van der Waals surface area contributed by atoms with Crippen molar-refractivity contribution in [3.63, 3.8) is 0 Å². The lowest BCUT2D eigenvalue weighted by Gasteiger charge is -2.22. The highest BCUT2D eigenvalue weighted by atomic mass is 19.1. The number of nitrogens with zero attached hydrogens (tertiary/aromatic N) is 4. The molecule has 2 heterocycles. The Morgan fingerprint density at radius 3 is 2.57 bits per heavy atom. The molecule has 4 aromatic rings. The summed E-state index contributed by atoms with van der Waals surface area (Å²) in [5, 5.41) is 10.0. The van der Waals surface area contributed by atoms with E-state index in [2.05, 4.69) is 15.7 Å². The first-order valence-electron chi connectivity index (χ1n) is 12.2. The highest BCUT2D eigenvalue weighted by Crippen LogP contribution is 2.19. The van der Waals surface area contributed by atoms with Crippen LogP contribution in [0.2, 0.25) is 0 Å². The van der Waals surface area contributed by atoms with E-state index in [1.807, 2.05) is 0 Å². The first-order valence-corrected chi connectivity index (χ1v) is 12.2. The zero-order valence-corrected chi connectivity index (χ0v) is 20.6. The number of hydrogen-bond donors (Lipinski definition) is 2. The van der Waals surface area contributed by atoms with Gasteiger partial charge in [-0.2, -0.15) is 0 Å². The van der Waals surface area contributed by atoms with E-state index in [9.17, 15) is 23.6 Å². The van der Waals surface area contributed by atoms with Gasteiger partial charge in [-0.05, 0) is 55.7 Å². The fourth-order valence-corrected chi connectivity index (χ4v) is 4.76. The van der Waals surface area contributed by atoms with E-state index in [0.29, 0.717) is 11.1 Å². The summed E-state index contributed by atoms with van der Waals surface area (Å²) in [7, 11) is 1.48. The molecule has 1 aliphatic carbocycles. The Kier molecular flexibility index (Phi) is 6.36. The summed E-state index contributed by atoms with van der Waals surface area (Å²) >= 11 is 0. The van der Waals surface area contributed by atoms with E-state index >= 15 is 0 Å². The molecular formula is C26H27FN6O4. The molecule has 1 saturated carbocycles. The van der Waals surface area contributed by atoms with Crippen LogP contribution in [0, 0.1) is 12.7 Å². The van der Waals surface area contributed by atoms with E-state index in [1.165, 1.54) is 40.3 Å². The van der Waals surface area contributed by atoms with Crippen molar-refractivity contribution >= 4 is 34.2 Å². The molecule has 2 N–H and O–H groups in total. The number of aromatic nitrogens is 4. The number of benzene rings is 2. The summed E-state index contributed by atoms with van der Waals surface area (Å²) in [6.45, 7) is 1.16. The van der Waals surface area contributed by atoms with E-state index in [4.69, 9.17) is 0 Å². The molecule has 11 heteroatoms. The number of amides is 2. The second kappa shape index (κ2) is 9.64. The van der Waals surface area contributed by atoms with Crippen molar-refractivity contribution in [3.8, 4) is 0 Å². The third kappa shape index (κ3) is 4.64. The van der Waals surface area contributed by atoms with Crippen LogP contribution in [0.3, 0.4) is 0 Å². The molecule has 0 unspecified atom stereocenters. The molecule has 192 valence electrons. The Hall–Kier alpha value is -4.28. The number of nitrogens with one attached hydrogen (secondary N) is 2. The van der Waals surface area contributed by atoms with Crippen LogP contribution < -0.4 is 21.9 Å². The van der Waals surface area contributed by atoms with Crippen molar-refractivity contribution in [3.05, 3.63) is 74.2 Å². The number of halogens is 1. The Bertz CT molecular complexity index is 1660. The largest absolute Gasteiger partial charge is 0.352 e. The third-order valence-corrected chi connectivity index (χ3v) is 6.85. The molecule has 1 aliphatic rings. The van der Waals surface area contributed by atoms with Crippen molar-refractivity contribution in [2.45, 2.75) is 51.6 Å². The summed E-state index contributed by atoms with van der Waals surface area (Å²) in [5.41, 5.74) is 0.202. The molecular weight excluding hydrogens is 479 g/mol. The molecule has 0 radical (unpaired) electrons. The van der Waals surface area contributed by atoms with E-state index in [0.717, 1.165) is 36.8 Å². The predicted molar refractivity (Wildman–Crippen MR) is 136 cm³/mol. The van der Waals surface area contributed by atoms with E-state index in [1.54, 1.807) is 19.1 Å². The third-order valence-electron chi connectivity index (χ3n) is 6.85. The zero-order chi connectivity index (χ0) is 26.3. The van der Waals surface area contributed by atoms with Crippen molar-refractivity contribution in [1.82, 2.24) is 24.1 Å². The van der Waals surface area contributed by atoms with Gasteiger partial charge in [-0.25, -0.2) is 18.3 Å². The smallest absolute Gasteiger partial charge is 0.349 e. The molecule has 1 fully saturated rings. The Balaban J connectivity index is 1.50. The minimum atomic E-state index is -0.648. The molecule has 10 nitrogen and oxygen atoms in total. The van der Waals surface area contributed by atoms with E-state index < -0.39 is 29.5 Å². The van der Waals surface area contributed by atoms with Crippen LogP contribution in [0.5, 0.6) is 0 Å². The fraction of sp³-hybridized carbons (Fsp3) is 0.346. The standard InChI is InChI=1S/C26H27FN6O4/c1-15-8-10-18(13-20(15)27)28-22(34)14-32-26(37)33-21-12-16(23(35)29-17-6-4-3-5-7-17)9-11-19(21)24(36)31(2)25(33)30-32/h8-13,17H,3-7,14H2,1-2H3,(H,28,34)(H,29,35). The van der Waals surface area contributed by atoms with Crippen LogP contribution >= 0.6 is 0 Å². The lowest BCUT2D eigenvalue weighted by atomic mass is 9.95. The van der Waals surface area contributed by atoms with Gasteiger partial charge in [-0.15, -0.1) is 5.10 Å². The minimum absolute atomic E-state index is 0.0292. The first-order chi connectivity index (χ1) is 17.7. The average Bonchev–Trinajstić information content (AvgIpc) is 3.21. The highest BCUT2D eigenvalue weighted by molar-refractivity contribution is 5.98. The average molecular weight is 507 g/mol. The van der Waals surface area contributed by atoms with Crippen LogP contribution in [0.15, 0.2) is 46.0 Å². The summed E-state index contributed by atoms with van der Waals surface area (Å²) in [4.78, 5) is 51.8. The number of carbonyl (C=O) groups is 2. The Morgan fingerprint density at radius 2 is 1.84 bits per heavy atom. The molecule has 2 aromatic heterocycles. The van der Waals surface area contributed by atoms with Gasteiger partial charge < -0.3 is 10.6 Å². The molecule has 2 amide bonds. The van der Waals surface area contributed by atoms with Crippen molar-refractivity contribution in [2.24, 2.45) is 7.05 Å². The maximum absolute atomic E-state index is 13.8. The van der Waals surface area contributed by atoms with Gasteiger partial charge in [0, 0.05) is 24.3 Å². The number of anilines is 1. The second-order valence-corrected chi connectivity index (χ2v) is 9.49. The number of aryl methyl sites for hydroxylation is 2. The van der Waals surface area contributed by atoms with Crippen LogP contribution in [0.4, 0.5) is 10.1 Å². The SMILES string of the molecule is Cc1ccc(NC(=O)Cn2nc3n(C)c(=O)c4ccc(C(=O)NC5CCCCC5)cc4n3c2=O)cc1F. The summed E-state index contributed by atoms with van der Waals surface area (Å²) in [6, 6.07) is 8.98. The second-order valence-electron chi connectivity index (χ2n) is 9.49. The molecule has 0 aliphatic heterocycles. The maximum Gasteiger partial charge on any atom is 0.352 e. The van der Waals surface area contributed by atoms with Gasteiger partial charge >= 0.3 is 5.69 Å². The van der Waals surface area contributed by atoms with Crippen molar-refractivity contribution in [1.29, 1.82) is 0 Å². The van der Waals surface area contributed by atoms with Crippen LogP contribution in [-0.2, 0) is 18.4 Å². The highest BCUT2D eigenvalue weighted by Gasteiger charge is 2.21. The van der Waals surface area contributed by atoms with Gasteiger partial charge in [0.15, 0.2) is 0 Å².